The van der Waals surface area contributed by atoms with Gasteiger partial charge in [-0.1, -0.05) is 42.0 Å². The first-order chi connectivity index (χ1) is 16.7. The zero-order valence-corrected chi connectivity index (χ0v) is 20.0. The molecule has 34 heavy (non-hydrogen) atoms. The molecule has 0 aliphatic carbocycles. The molecule has 0 radical (unpaired) electrons. The van der Waals surface area contributed by atoms with Crippen molar-refractivity contribution in [3.63, 3.8) is 0 Å². The van der Waals surface area contributed by atoms with Crippen molar-refractivity contribution in [2.45, 2.75) is 26.7 Å². The molecule has 3 heterocycles. The first kappa shape index (κ1) is 22.4. The highest BCUT2D eigenvalue weighted by Crippen LogP contribution is 2.32. The fourth-order valence-electron chi connectivity index (χ4n) is 4.83. The topological polar surface area (TPSA) is 65.6 Å². The number of morpholine rings is 1. The summed E-state index contributed by atoms with van der Waals surface area (Å²) in [6, 6.07) is 19.2. The molecular formula is C28H31N5O. The standard InChI is InChI=1S/C28H31N5O/c1-20-8-10-22(11-9-20)18-23-21(2)24(19-29)28-31-25-6-3-4-7-26(25)33(28)27(23)30-12-5-13-32-14-16-34-17-15-32/h3-4,6-11,30H,5,12-18H2,1-2H3. The van der Waals surface area contributed by atoms with E-state index in [1.54, 1.807) is 0 Å². The summed E-state index contributed by atoms with van der Waals surface area (Å²) in [4.78, 5) is 7.31. The van der Waals surface area contributed by atoms with Gasteiger partial charge in [-0.05, 0) is 50.1 Å². The van der Waals surface area contributed by atoms with Crippen molar-refractivity contribution in [1.82, 2.24) is 14.3 Å². The molecule has 1 aliphatic heterocycles. The predicted octanol–water partition coefficient (Wildman–Crippen LogP) is 4.70. The van der Waals surface area contributed by atoms with E-state index in [1.165, 1.54) is 11.1 Å². The molecule has 6 nitrogen and oxygen atoms in total. The maximum atomic E-state index is 10.1. The van der Waals surface area contributed by atoms with Crippen LogP contribution in [0, 0.1) is 25.2 Å². The number of ether oxygens (including phenoxy) is 1. The number of anilines is 1. The molecule has 1 saturated heterocycles. The predicted molar refractivity (Wildman–Crippen MR) is 137 cm³/mol. The van der Waals surface area contributed by atoms with E-state index >= 15 is 0 Å². The molecule has 1 aliphatic rings. The van der Waals surface area contributed by atoms with Crippen LogP contribution in [-0.2, 0) is 11.2 Å². The van der Waals surface area contributed by atoms with E-state index < -0.39 is 0 Å². The largest absolute Gasteiger partial charge is 0.379 e. The number of aryl methyl sites for hydroxylation is 1. The lowest BCUT2D eigenvalue weighted by molar-refractivity contribution is 0.0378. The number of fused-ring (bicyclic) bond motifs is 3. The Kier molecular flexibility index (Phi) is 6.48. The maximum Gasteiger partial charge on any atom is 0.157 e. The monoisotopic (exact) mass is 453 g/mol. The highest BCUT2D eigenvalue weighted by molar-refractivity contribution is 5.86. The van der Waals surface area contributed by atoms with Crippen LogP contribution in [0.4, 0.5) is 5.82 Å². The molecule has 174 valence electrons. The van der Waals surface area contributed by atoms with Gasteiger partial charge in [0, 0.05) is 31.6 Å². The van der Waals surface area contributed by atoms with Crippen LogP contribution in [0.2, 0.25) is 0 Å². The van der Waals surface area contributed by atoms with E-state index in [0.29, 0.717) is 5.56 Å². The zero-order chi connectivity index (χ0) is 23.5. The van der Waals surface area contributed by atoms with Gasteiger partial charge in [-0.25, -0.2) is 4.98 Å². The van der Waals surface area contributed by atoms with Crippen LogP contribution in [0.25, 0.3) is 16.7 Å². The average Bonchev–Trinajstić information content (AvgIpc) is 3.24. The van der Waals surface area contributed by atoms with Gasteiger partial charge in [0.15, 0.2) is 5.65 Å². The SMILES string of the molecule is Cc1ccc(Cc2c(C)c(C#N)c3nc4ccccc4n3c2NCCCN2CCOCC2)cc1. The van der Waals surface area contributed by atoms with Crippen LogP contribution in [0.1, 0.15) is 34.2 Å². The minimum absolute atomic E-state index is 0.650. The molecule has 0 saturated carbocycles. The van der Waals surface area contributed by atoms with E-state index in [0.717, 1.165) is 85.9 Å². The summed E-state index contributed by atoms with van der Waals surface area (Å²) in [5, 5.41) is 13.8. The third-order valence-electron chi connectivity index (χ3n) is 6.78. The second-order valence-corrected chi connectivity index (χ2v) is 9.10. The van der Waals surface area contributed by atoms with Gasteiger partial charge in [-0.2, -0.15) is 5.26 Å². The molecule has 0 spiro atoms. The van der Waals surface area contributed by atoms with Crippen LogP contribution in [0.5, 0.6) is 0 Å². The molecule has 0 amide bonds. The Hall–Kier alpha value is -3.40. The first-order valence-electron chi connectivity index (χ1n) is 12.1. The van der Waals surface area contributed by atoms with Gasteiger partial charge in [0.25, 0.3) is 0 Å². The molecule has 2 aromatic heterocycles. The van der Waals surface area contributed by atoms with Crippen molar-refractivity contribution in [1.29, 1.82) is 5.26 Å². The third kappa shape index (κ3) is 4.37. The summed E-state index contributed by atoms with van der Waals surface area (Å²) >= 11 is 0. The number of hydrogen-bond acceptors (Lipinski definition) is 5. The molecule has 5 rings (SSSR count). The summed E-state index contributed by atoms with van der Waals surface area (Å²) in [6.45, 7) is 9.72. The quantitative estimate of drug-likeness (QED) is 0.411. The number of para-hydroxylation sites is 2. The molecule has 0 bridgehead atoms. The van der Waals surface area contributed by atoms with Crippen LogP contribution >= 0.6 is 0 Å². The minimum Gasteiger partial charge on any atom is -0.379 e. The second-order valence-electron chi connectivity index (χ2n) is 9.10. The van der Waals surface area contributed by atoms with Crippen molar-refractivity contribution in [2.24, 2.45) is 0 Å². The first-order valence-corrected chi connectivity index (χ1v) is 12.1. The van der Waals surface area contributed by atoms with Crippen LogP contribution in [0.3, 0.4) is 0 Å². The highest BCUT2D eigenvalue weighted by atomic mass is 16.5. The number of hydrogen-bond donors (Lipinski definition) is 1. The summed E-state index contributed by atoms with van der Waals surface area (Å²) in [7, 11) is 0. The van der Waals surface area contributed by atoms with Gasteiger partial charge in [0.05, 0.1) is 29.8 Å². The van der Waals surface area contributed by atoms with Crippen LogP contribution in [0.15, 0.2) is 48.5 Å². The Morgan fingerprint density at radius 3 is 2.59 bits per heavy atom. The normalized spacial score (nSPS) is 14.5. The Morgan fingerprint density at radius 2 is 1.82 bits per heavy atom. The van der Waals surface area contributed by atoms with E-state index in [2.05, 4.69) is 64.9 Å². The summed E-state index contributed by atoms with van der Waals surface area (Å²) < 4.78 is 7.63. The van der Waals surface area contributed by atoms with E-state index in [9.17, 15) is 5.26 Å². The van der Waals surface area contributed by atoms with Crippen molar-refractivity contribution >= 4 is 22.5 Å². The molecule has 2 aromatic carbocycles. The van der Waals surface area contributed by atoms with Gasteiger partial charge in [0.1, 0.15) is 11.9 Å². The van der Waals surface area contributed by atoms with Crippen molar-refractivity contribution in [2.75, 3.05) is 44.7 Å². The number of nitrogens with one attached hydrogen (secondary N) is 1. The fourth-order valence-corrected chi connectivity index (χ4v) is 4.83. The lowest BCUT2D eigenvalue weighted by Crippen LogP contribution is -2.37. The van der Waals surface area contributed by atoms with Crippen LogP contribution in [-0.4, -0.2) is 53.7 Å². The smallest absolute Gasteiger partial charge is 0.157 e. The Labute approximate surface area is 200 Å². The Morgan fingerprint density at radius 1 is 1.06 bits per heavy atom. The number of nitrogens with zero attached hydrogens (tertiary/aromatic N) is 4. The van der Waals surface area contributed by atoms with Crippen molar-refractivity contribution < 1.29 is 4.74 Å². The number of aromatic nitrogens is 2. The number of pyridine rings is 1. The Bertz CT molecular complexity index is 1340. The Balaban J connectivity index is 1.56. The highest BCUT2D eigenvalue weighted by Gasteiger charge is 2.21. The molecule has 1 N–H and O–H groups in total. The number of rotatable bonds is 7. The summed E-state index contributed by atoms with van der Waals surface area (Å²) in [5.41, 5.74) is 7.94. The molecule has 1 fully saturated rings. The summed E-state index contributed by atoms with van der Waals surface area (Å²) in [6.07, 6.45) is 1.80. The number of nitriles is 1. The minimum atomic E-state index is 0.650. The number of imidazole rings is 1. The molecular weight excluding hydrogens is 422 g/mol. The van der Waals surface area contributed by atoms with Gasteiger partial charge >= 0.3 is 0 Å². The molecule has 6 heteroatoms. The van der Waals surface area contributed by atoms with Gasteiger partial charge in [-0.15, -0.1) is 0 Å². The summed E-state index contributed by atoms with van der Waals surface area (Å²) in [5.74, 6) is 1.04. The molecule has 0 unspecified atom stereocenters. The second kappa shape index (κ2) is 9.84. The van der Waals surface area contributed by atoms with Gasteiger partial charge in [0.2, 0.25) is 0 Å². The van der Waals surface area contributed by atoms with E-state index in [4.69, 9.17) is 9.72 Å². The average molecular weight is 454 g/mol. The lowest BCUT2D eigenvalue weighted by atomic mass is 9.97. The zero-order valence-electron chi connectivity index (χ0n) is 20.0. The van der Waals surface area contributed by atoms with Crippen molar-refractivity contribution in [3.05, 3.63) is 76.3 Å². The van der Waals surface area contributed by atoms with Crippen molar-refractivity contribution in [3.8, 4) is 6.07 Å². The van der Waals surface area contributed by atoms with E-state index in [-0.39, 0.29) is 0 Å². The van der Waals surface area contributed by atoms with E-state index in [1.807, 2.05) is 18.2 Å². The van der Waals surface area contributed by atoms with Crippen LogP contribution < -0.4 is 5.32 Å². The number of benzene rings is 2. The fraction of sp³-hybridized carbons (Fsp3) is 0.357. The molecule has 0 atom stereocenters. The lowest BCUT2D eigenvalue weighted by Gasteiger charge is -2.26. The maximum absolute atomic E-state index is 10.1. The third-order valence-corrected chi connectivity index (χ3v) is 6.78. The molecule has 4 aromatic rings. The van der Waals surface area contributed by atoms with Gasteiger partial charge in [-0.3, -0.25) is 9.30 Å². The van der Waals surface area contributed by atoms with Gasteiger partial charge < -0.3 is 10.1 Å².